The maximum atomic E-state index is 13.0. The summed E-state index contributed by atoms with van der Waals surface area (Å²) in [4.78, 5) is 57.0. The molecule has 2 aliphatic carbocycles. The van der Waals surface area contributed by atoms with E-state index in [-0.39, 0.29) is 36.4 Å². The van der Waals surface area contributed by atoms with E-state index in [1.807, 2.05) is 132 Å². The van der Waals surface area contributed by atoms with Crippen LogP contribution in [-0.4, -0.2) is 84.3 Å². The van der Waals surface area contributed by atoms with Crippen molar-refractivity contribution in [1.82, 2.24) is 48.8 Å². The van der Waals surface area contributed by atoms with Gasteiger partial charge in [-0.3, -0.25) is 28.9 Å². The highest BCUT2D eigenvalue weighted by molar-refractivity contribution is 5.79. The summed E-state index contributed by atoms with van der Waals surface area (Å²) in [5.74, 6) is 2.11. The molecule has 2 aliphatic heterocycles. The number of nitrogens with zero attached hydrogens (tertiary/aromatic N) is 10. The lowest BCUT2D eigenvalue weighted by Crippen LogP contribution is -2.42. The second kappa shape index (κ2) is 18.4. The molecule has 12 rings (SSSR count). The second-order valence-electron chi connectivity index (χ2n) is 20.2. The Morgan fingerprint density at radius 3 is 1.20 bits per heavy atom. The van der Waals surface area contributed by atoms with E-state index >= 15 is 0 Å². The summed E-state index contributed by atoms with van der Waals surface area (Å²) in [5, 5.41) is 0. The molecule has 0 radical (unpaired) electrons. The molecule has 0 bridgehead atoms. The number of ether oxygens (including phenoxy) is 2. The third kappa shape index (κ3) is 8.53. The van der Waals surface area contributed by atoms with Crippen LogP contribution in [0, 0.1) is 0 Å². The van der Waals surface area contributed by atoms with E-state index < -0.39 is 11.2 Å². The Hall–Kier alpha value is -7.48. The fourth-order valence-corrected chi connectivity index (χ4v) is 11.7. The summed E-state index contributed by atoms with van der Waals surface area (Å²) in [7, 11) is 0. The van der Waals surface area contributed by atoms with Crippen molar-refractivity contribution >= 4 is 34.3 Å². The number of fused-ring (bicyclic) bond motifs is 2. The molecule has 8 heterocycles. The van der Waals surface area contributed by atoms with Crippen LogP contribution in [0.5, 0.6) is 0 Å². The standard InChI is InChI=1S/2C28H29N5O2/c2*1-28(2)25(20-7-4-3-5-8-20)33(27(34)35-28)22-11-9-19(10-12-22)21-17-24-23(31-18-21)13-16-32(24)26-29-14-6-15-30-26/h2*3-8,13-19,22,25H,9-12H2,1-2H3/t2*19?,22?,25-/m00/s1. The average molecular weight is 935 g/mol. The zero-order chi connectivity index (χ0) is 48.0. The Bertz CT molecular complexity index is 2900. The van der Waals surface area contributed by atoms with E-state index in [0.717, 1.165) is 84.6 Å². The number of carbonyl (C=O) groups is 2. The van der Waals surface area contributed by atoms with Gasteiger partial charge in [0.1, 0.15) is 11.2 Å². The predicted molar refractivity (Wildman–Crippen MR) is 266 cm³/mol. The van der Waals surface area contributed by atoms with Crippen molar-refractivity contribution in [3.05, 3.63) is 169 Å². The fraction of sp³-hybridized carbons (Fsp3) is 0.357. The number of hydrogen-bond donors (Lipinski definition) is 0. The van der Waals surface area contributed by atoms with Gasteiger partial charge in [0.15, 0.2) is 0 Å². The Kier molecular flexibility index (Phi) is 11.9. The van der Waals surface area contributed by atoms with Crippen LogP contribution in [0.15, 0.2) is 147 Å². The van der Waals surface area contributed by atoms with Gasteiger partial charge in [-0.25, -0.2) is 29.5 Å². The summed E-state index contributed by atoms with van der Waals surface area (Å²) in [6.45, 7) is 8.06. The van der Waals surface area contributed by atoms with Gasteiger partial charge in [0.05, 0.1) is 34.2 Å². The van der Waals surface area contributed by atoms with Gasteiger partial charge in [-0.05, 0) is 150 Å². The van der Waals surface area contributed by atoms with Gasteiger partial charge >= 0.3 is 12.2 Å². The van der Waals surface area contributed by atoms with Gasteiger partial charge < -0.3 is 9.47 Å². The first-order valence-corrected chi connectivity index (χ1v) is 24.6. The van der Waals surface area contributed by atoms with Crippen LogP contribution in [0.25, 0.3) is 34.0 Å². The third-order valence-corrected chi connectivity index (χ3v) is 15.0. The average Bonchev–Trinajstić information content (AvgIpc) is 4.14. The highest BCUT2D eigenvalue weighted by atomic mass is 16.6. The van der Waals surface area contributed by atoms with Crippen molar-refractivity contribution in [3.8, 4) is 11.9 Å². The third-order valence-electron chi connectivity index (χ3n) is 15.0. The van der Waals surface area contributed by atoms with Crippen molar-refractivity contribution in [2.24, 2.45) is 0 Å². The Morgan fingerprint density at radius 2 is 0.829 bits per heavy atom. The van der Waals surface area contributed by atoms with E-state index in [2.05, 4.69) is 56.3 Å². The van der Waals surface area contributed by atoms with Crippen LogP contribution in [-0.2, 0) is 9.47 Å². The largest absolute Gasteiger partial charge is 0.441 e. The van der Waals surface area contributed by atoms with Crippen LogP contribution in [0.4, 0.5) is 9.59 Å². The van der Waals surface area contributed by atoms with E-state index in [9.17, 15) is 9.59 Å². The van der Waals surface area contributed by atoms with Crippen LogP contribution < -0.4 is 0 Å². The molecule has 4 aliphatic rings. The van der Waals surface area contributed by atoms with Crippen molar-refractivity contribution in [2.45, 2.75) is 126 Å². The molecular weight excluding hydrogens is 877 g/mol. The monoisotopic (exact) mass is 934 g/mol. The number of cyclic esters (lactones) is 2. The SMILES string of the molecule is CC1(C)OC(=O)N(C2CCC(c3cnc4ccn(-c5ncccn5)c4c3)CC2)[C@H]1c1ccccc1.CC1(C)OC(=O)N(C2CCC(c3cnc4ccn(-c5ncccn5)c4c3)CC2)[C@H]1c1ccccc1. The lowest BCUT2D eigenvalue weighted by Gasteiger charge is -2.38. The molecule has 6 aromatic heterocycles. The Morgan fingerprint density at radius 1 is 0.457 bits per heavy atom. The molecule has 14 nitrogen and oxygen atoms in total. The zero-order valence-electron chi connectivity index (χ0n) is 40.1. The maximum absolute atomic E-state index is 13.0. The first-order valence-electron chi connectivity index (χ1n) is 24.6. The summed E-state index contributed by atoms with van der Waals surface area (Å²) in [6.07, 6.45) is 22.4. The van der Waals surface area contributed by atoms with Gasteiger partial charge in [0.2, 0.25) is 11.9 Å². The van der Waals surface area contributed by atoms with Crippen LogP contribution in [0.2, 0.25) is 0 Å². The minimum atomic E-state index is -0.560. The Balaban J connectivity index is 0.000000152. The Labute approximate surface area is 407 Å². The summed E-state index contributed by atoms with van der Waals surface area (Å²) in [5.41, 5.74) is 7.50. The topological polar surface area (TPSA) is 146 Å². The van der Waals surface area contributed by atoms with Crippen LogP contribution in [0.1, 0.15) is 125 Å². The molecular formula is C56H58N10O4. The van der Waals surface area contributed by atoms with E-state index in [0.29, 0.717) is 23.7 Å². The highest BCUT2D eigenvalue weighted by Gasteiger charge is 2.52. The normalized spacial score (nSPS) is 24.0. The van der Waals surface area contributed by atoms with E-state index in [1.165, 1.54) is 11.1 Å². The van der Waals surface area contributed by atoms with Gasteiger partial charge in [-0.15, -0.1) is 0 Å². The number of aromatic nitrogens is 8. The number of benzene rings is 2. The first-order chi connectivity index (χ1) is 34.0. The molecule has 2 atom stereocenters. The first kappa shape index (κ1) is 45.0. The van der Waals surface area contributed by atoms with Crippen LogP contribution in [0.3, 0.4) is 0 Å². The molecule has 0 unspecified atom stereocenters. The summed E-state index contributed by atoms with van der Waals surface area (Å²) < 4.78 is 15.7. The molecule has 356 valence electrons. The molecule has 2 saturated carbocycles. The smallest absolute Gasteiger partial charge is 0.411 e. The zero-order valence-corrected chi connectivity index (χ0v) is 40.1. The van der Waals surface area contributed by atoms with Gasteiger partial charge in [-0.1, -0.05) is 60.7 Å². The van der Waals surface area contributed by atoms with Crippen molar-refractivity contribution in [1.29, 1.82) is 0 Å². The number of amides is 2. The van der Waals surface area contributed by atoms with Crippen molar-refractivity contribution in [3.63, 3.8) is 0 Å². The number of pyridine rings is 2. The van der Waals surface area contributed by atoms with Gasteiger partial charge in [0.25, 0.3) is 0 Å². The summed E-state index contributed by atoms with van der Waals surface area (Å²) >= 11 is 0. The lowest BCUT2D eigenvalue weighted by atomic mass is 9.80. The minimum absolute atomic E-state index is 0.0788. The highest BCUT2D eigenvalue weighted by Crippen LogP contribution is 2.48. The fourth-order valence-electron chi connectivity index (χ4n) is 11.7. The van der Waals surface area contributed by atoms with Gasteiger partial charge in [-0.2, -0.15) is 0 Å². The number of carbonyl (C=O) groups excluding carboxylic acids is 2. The molecule has 8 aromatic rings. The van der Waals surface area contributed by atoms with E-state index in [1.54, 1.807) is 24.8 Å². The minimum Gasteiger partial charge on any atom is -0.441 e. The maximum Gasteiger partial charge on any atom is 0.411 e. The second-order valence-corrected chi connectivity index (χ2v) is 20.2. The number of hydrogen-bond acceptors (Lipinski definition) is 10. The molecule has 14 heteroatoms. The molecule has 2 amide bonds. The lowest BCUT2D eigenvalue weighted by molar-refractivity contribution is 0.0656. The van der Waals surface area contributed by atoms with Crippen molar-refractivity contribution < 1.29 is 19.1 Å². The quantitative estimate of drug-likeness (QED) is 0.144. The molecule has 70 heavy (non-hydrogen) atoms. The molecule has 2 saturated heterocycles. The molecule has 0 N–H and O–H groups in total. The van der Waals surface area contributed by atoms with Crippen molar-refractivity contribution in [2.75, 3.05) is 0 Å². The van der Waals surface area contributed by atoms with Crippen LogP contribution >= 0.6 is 0 Å². The van der Waals surface area contributed by atoms with E-state index in [4.69, 9.17) is 19.4 Å². The summed E-state index contributed by atoms with van der Waals surface area (Å²) in [6, 6.07) is 32.8. The van der Waals surface area contributed by atoms with Gasteiger partial charge in [0, 0.05) is 61.7 Å². The predicted octanol–water partition coefficient (Wildman–Crippen LogP) is 11.6. The molecule has 2 aromatic carbocycles. The molecule has 0 spiro atoms. The molecule has 4 fully saturated rings. The number of rotatable bonds is 8.